The van der Waals surface area contributed by atoms with E-state index in [0.29, 0.717) is 5.88 Å². The van der Waals surface area contributed by atoms with E-state index in [1.807, 2.05) is 5.38 Å². The maximum Gasteiger partial charge on any atom is 0.270 e. The molecule has 1 aromatic heterocycles. The van der Waals surface area contributed by atoms with E-state index in [2.05, 4.69) is 4.98 Å². The molecule has 0 aliphatic carbocycles. The van der Waals surface area contributed by atoms with Gasteiger partial charge in [0, 0.05) is 23.1 Å². The summed E-state index contributed by atoms with van der Waals surface area (Å²) in [7, 11) is 0. The van der Waals surface area contributed by atoms with E-state index < -0.39 is 4.92 Å². The Kier molecular flexibility index (Phi) is 3.17. The van der Waals surface area contributed by atoms with E-state index in [0.717, 1.165) is 16.3 Å². The highest BCUT2D eigenvalue weighted by Crippen LogP contribution is 2.27. The summed E-state index contributed by atoms with van der Waals surface area (Å²) in [5, 5.41) is 13.2. The molecule has 0 N–H and O–H groups in total. The molecule has 0 amide bonds. The molecule has 0 aliphatic heterocycles. The molecule has 0 atom stereocenters. The number of nitrogens with zero attached hydrogens (tertiary/aromatic N) is 2. The average Bonchev–Trinajstić information content (AvgIpc) is 2.77. The molecule has 16 heavy (non-hydrogen) atoms. The third kappa shape index (κ3) is 2.20. The normalized spacial score (nSPS) is 10.3. The molecule has 4 nitrogen and oxygen atoms in total. The zero-order valence-corrected chi connectivity index (χ0v) is 9.66. The summed E-state index contributed by atoms with van der Waals surface area (Å²) in [6, 6.07) is 6.41. The Labute approximate surface area is 101 Å². The summed E-state index contributed by atoms with van der Waals surface area (Å²) < 4.78 is 0. The van der Waals surface area contributed by atoms with Crippen molar-refractivity contribution in [3.63, 3.8) is 0 Å². The number of halogens is 1. The van der Waals surface area contributed by atoms with Crippen LogP contribution in [0.4, 0.5) is 5.69 Å². The van der Waals surface area contributed by atoms with Crippen molar-refractivity contribution >= 4 is 28.6 Å². The van der Waals surface area contributed by atoms with Gasteiger partial charge in [-0.15, -0.1) is 22.9 Å². The second-order valence-corrected chi connectivity index (χ2v) is 4.21. The van der Waals surface area contributed by atoms with Gasteiger partial charge in [0.1, 0.15) is 5.01 Å². The molecule has 0 fully saturated rings. The van der Waals surface area contributed by atoms with Crippen molar-refractivity contribution in [3.05, 3.63) is 45.5 Å². The lowest BCUT2D eigenvalue weighted by molar-refractivity contribution is -0.384. The smallest absolute Gasteiger partial charge is 0.258 e. The molecule has 0 spiro atoms. The molecule has 0 unspecified atom stereocenters. The van der Waals surface area contributed by atoms with Gasteiger partial charge < -0.3 is 0 Å². The SMILES string of the molecule is O=[N+]([O-])c1cccc(-c2nc(CCl)cs2)c1. The van der Waals surface area contributed by atoms with Gasteiger partial charge in [-0.2, -0.15) is 0 Å². The standard InChI is InChI=1S/C10H7ClN2O2S/c11-5-8-6-16-10(12-8)7-2-1-3-9(4-7)13(14)15/h1-4,6H,5H2. The van der Waals surface area contributed by atoms with E-state index in [-0.39, 0.29) is 5.69 Å². The predicted molar refractivity (Wildman–Crippen MR) is 63.8 cm³/mol. The highest BCUT2D eigenvalue weighted by Gasteiger charge is 2.09. The van der Waals surface area contributed by atoms with Crippen molar-refractivity contribution in [3.8, 4) is 10.6 Å². The van der Waals surface area contributed by atoms with Gasteiger partial charge in [0.15, 0.2) is 0 Å². The van der Waals surface area contributed by atoms with Gasteiger partial charge in [-0.25, -0.2) is 4.98 Å². The Balaban J connectivity index is 2.40. The summed E-state index contributed by atoms with van der Waals surface area (Å²) in [5.41, 5.74) is 1.60. The van der Waals surface area contributed by atoms with Crippen LogP contribution >= 0.6 is 22.9 Å². The number of benzene rings is 1. The Morgan fingerprint density at radius 3 is 2.94 bits per heavy atom. The molecule has 0 bridgehead atoms. The Hall–Kier alpha value is -1.46. The molecule has 1 aromatic carbocycles. The zero-order valence-electron chi connectivity index (χ0n) is 8.09. The van der Waals surface area contributed by atoms with Crippen molar-refractivity contribution in [2.24, 2.45) is 0 Å². The highest BCUT2D eigenvalue weighted by atomic mass is 35.5. The van der Waals surface area contributed by atoms with Crippen molar-refractivity contribution in [2.45, 2.75) is 5.88 Å². The Bertz CT molecular complexity index is 527. The minimum absolute atomic E-state index is 0.0696. The maximum absolute atomic E-state index is 10.6. The lowest BCUT2D eigenvalue weighted by atomic mass is 10.2. The number of nitro groups is 1. The minimum atomic E-state index is -0.417. The number of hydrogen-bond acceptors (Lipinski definition) is 4. The number of alkyl halides is 1. The summed E-state index contributed by atoms with van der Waals surface area (Å²) in [6.07, 6.45) is 0. The van der Waals surface area contributed by atoms with Gasteiger partial charge in [-0.05, 0) is 0 Å². The van der Waals surface area contributed by atoms with Crippen LogP contribution in [0.25, 0.3) is 10.6 Å². The molecule has 2 aromatic rings. The fourth-order valence-electron chi connectivity index (χ4n) is 1.25. The van der Waals surface area contributed by atoms with Gasteiger partial charge in [0.25, 0.3) is 5.69 Å². The van der Waals surface area contributed by atoms with Crippen LogP contribution in [-0.4, -0.2) is 9.91 Å². The summed E-state index contributed by atoms with van der Waals surface area (Å²) >= 11 is 7.07. The fraction of sp³-hybridized carbons (Fsp3) is 0.100. The Morgan fingerprint density at radius 1 is 1.50 bits per heavy atom. The number of aromatic nitrogens is 1. The molecule has 82 valence electrons. The molecule has 2 rings (SSSR count). The van der Waals surface area contributed by atoms with Gasteiger partial charge in [-0.3, -0.25) is 10.1 Å². The minimum Gasteiger partial charge on any atom is -0.258 e. The second-order valence-electron chi connectivity index (χ2n) is 3.09. The lowest BCUT2D eigenvalue weighted by Crippen LogP contribution is -1.88. The number of non-ortho nitro benzene ring substituents is 1. The van der Waals surface area contributed by atoms with Crippen LogP contribution in [0.5, 0.6) is 0 Å². The van der Waals surface area contributed by atoms with E-state index in [9.17, 15) is 10.1 Å². The van der Waals surface area contributed by atoms with Crippen LogP contribution in [0.3, 0.4) is 0 Å². The van der Waals surface area contributed by atoms with Gasteiger partial charge >= 0.3 is 0 Å². The van der Waals surface area contributed by atoms with E-state index in [4.69, 9.17) is 11.6 Å². The molecule has 0 radical (unpaired) electrons. The molecule has 6 heteroatoms. The topological polar surface area (TPSA) is 56.0 Å². The van der Waals surface area contributed by atoms with Crippen molar-refractivity contribution < 1.29 is 4.92 Å². The van der Waals surface area contributed by atoms with Crippen molar-refractivity contribution in [1.29, 1.82) is 0 Å². The number of hydrogen-bond donors (Lipinski definition) is 0. The predicted octanol–water partition coefficient (Wildman–Crippen LogP) is 3.46. The summed E-state index contributed by atoms with van der Waals surface area (Å²) in [4.78, 5) is 14.5. The van der Waals surface area contributed by atoms with Crippen molar-refractivity contribution in [2.75, 3.05) is 0 Å². The first-order valence-corrected chi connectivity index (χ1v) is 5.87. The maximum atomic E-state index is 10.6. The van der Waals surface area contributed by atoms with E-state index >= 15 is 0 Å². The summed E-state index contributed by atoms with van der Waals surface area (Å²) in [5.74, 6) is 0.353. The molecule has 1 heterocycles. The van der Waals surface area contributed by atoms with E-state index in [1.54, 1.807) is 12.1 Å². The zero-order chi connectivity index (χ0) is 11.5. The number of thiazole rings is 1. The number of nitro benzene ring substituents is 1. The van der Waals surface area contributed by atoms with Gasteiger partial charge in [0.2, 0.25) is 0 Å². The molecule has 0 saturated heterocycles. The molecule has 0 aliphatic rings. The lowest BCUT2D eigenvalue weighted by Gasteiger charge is -1.95. The van der Waals surface area contributed by atoms with Crippen LogP contribution in [0.1, 0.15) is 5.69 Å². The molecular formula is C10H7ClN2O2S. The van der Waals surface area contributed by atoms with E-state index in [1.165, 1.54) is 23.5 Å². The van der Waals surface area contributed by atoms with Crippen LogP contribution in [0.15, 0.2) is 29.6 Å². The second kappa shape index (κ2) is 4.59. The number of rotatable bonds is 3. The Morgan fingerprint density at radius 2 is 2.31 bits per heavy atom. The van der Waals surface area contributed by atoms with Crippen LogP contribution < -0.4 is 0 Å². The monoisotopic (exact) mass is 254 g/mol. The van der Waals surface area contributed by atoms with Crippen LogP contribution in [0.2, 0.25) is 0 Å². The first kappa shape index (κ1) is 11.0. The highest BCUT2D eigenvalue weighted by molar-refractivity contribution is 7.13. The van der Waals surface area contributed by atoms with Gasteiger partial charge in [-0.1, -0.05) is 12.1 Å². The van der Waals surface area contributed by atoms with Crippen LogP contribution in [-0.2, 0) is 5.88 Å². The third-order valence-corrected chi connectivity index (χ3v) is 3.21. The van der Waals surface area contributed by atoms with Gasteiger partial charge in [0.05, 0.1) is 16.5 Å². The third-order valence-electron chi connectivity index (χ3n) is 1.99. The molecular weight excluding hydrogens is 248 g/mol. The molecule has 0 saturated carbocycles. The fourth-order valence-corrected chi connectivity index (χ4v) is 2.30. The average molecular weight is 255 g/mol. The first-order valence-electron chi connectivity index (χ1n) is 4.46. The first-order chi connectivity index (χ1) is 7.70. The summed E-state index contributed by atoms with van der Waals surface area (Å²) in [6.45, 7) is 0. The largest absolute Gasteiger partial charge is 0.270 e. The van der Waals surface area contributed by atoms with Crippen molar-refractivity contribution in [1.82, 2.24) is 4.98 Å². The van der Waals surface area contributed by atoms with Crippen LogP contribution in [0, 0.1) is 10.1 Å². The quantitative estimate of drug-likeness (QED) is 0.479.